The smallest absolute Gasteiger partial charge is 0.321 e. The number of nitrogens with one attached hydrogen (secondary N) is 1. The number of carbonyl (C=O) groups excluding carboxylic acids is 1. The molecule has 120 valence electrons. The molecule has 23 heavy (non-hydrogen) atoms. The van der Waals surface area contributed by atoms with E-state index in [-0.39, 0.29) is 6.03 Å². The van der Waals surface area contributed by atoms with Crippen LogP contribution in [-0.2, 0) is 0 Å². The van der Waals surface area contributed by atoms with Gasteiger partial charge in [-0.1, -0.05) is 35.9 Å². The van der Waals surface area contributed by atoms with Crippen LogP contribution in [0.2, 0.25) is 5.02 Å². The molecular weight excluding hydrogens is 310 g/mol. The van der Waals surface area contributed by atoms with Gasteiger partial charge in [-0.25, -0.2) is 4.79 Å². The number of rotatable bonds is 2. The number of hydrogen-bond donors (Lipinski definition) is 1. The average Bonchev–Trinajstić information content (AvgIpc) is 2.57. The van der Waals surface area contributed by atoms with Gasteiger partial charge in [-0.2, -0.15) is 0 Å². The Kier molecular flexibility index (Phi) is 4.72. The first-order chi connectivity index (χ1) is 11.1. The summed E-state index contributed by atoms with van der Waals surface area (Å²) in [6.45, 7) is 5.00. The van der Waals surface area contributed by atoms with Gasteiger partial charge in [-0.15, -0.1) is 0 Å². The van der Waals surface area contributed by atoms with E-state index in [0.717, 1.165) is 35.1 Å². The second-order valence-corrected chi connectivity index (χ2v) is 6.14. The maximum atomic E-state index is 12.4. The van der Waals surface area contributed by atoms with E-state index in [4.69, 9.17) is 11.6 Å². The number of amides is 2. The number of urea groups is 1. The Morgan fingerprint density at radius 1 is 1.04 bits per heavy atom. The maximum absolute atomic E-state index is 12.4. The lowest BCUT2D eigenvalue weighted by atomic mass is 10.2. The molecular formula is C18H20ClN3O. The molecule has 1 aliphatic rings. The van der Waals surface area contributed by atoms with Crippen LogP contribution in [0.1, 0.15) is 5.56 Å². The van der Waals surface area contributed by atoms with Gasteiger partial charge in [-0.3, -0.25) is 0 Å². The number of aryl methyl sites for hydroxylation is 1. The molecule has 2 aromatic carbocycles. The average molecular weight is 330 g/mol. The van der Waals surface area contributed by atoms with Crippen LogP contribution in [-0.4, -0.2) is 37.1 Å². The summed E-state index contributed by atoms with van der Waals surface area (Å²) in [5.74, 6) is 0. The van der Waals surface area contributed by atoms with Gasteiger partial charge in [0.05, 0.1) is 0 Å². The van der Waals surface area contributed by atoms with Gasteiger partial charge >= 0.3 is 6.03 Å². The summed E-state index contributed by atoms with van der Waals surface area (Å²) in [4.78, 5) is 16.5. The SMILES string of the molecule is Cc1ccccc1NC(=O)N1CCN(c2cccc(Cl)c2)CC1. The molecule has 0 spiro atoms. The van der Waals surface area contributed by atoms with E-state index in [9.17, 15) is 4.79 Å². The summed E-state index contributed by atoms with van der Waals surface area (Å²) >= 11 is 6.05. The van der Waals surface area contributed by atoms with Crippen molar-refractivity contribution in [3.05, 3.63) is 59.1 Å². The van der Waals surface area contributed by atoms with Crippen molar-refractivity contribution in [1.82, 2.24) is 4.90 Å². The van der Waals surface area contributed by atoms with Gasteiger partial charge in [0.15, 0.2) is 0 Å². The number of hydrogen-bond acceptors (Lipinski definition) is 2. The number of para-hydroxylation sites is 1. The van der Waals surface area contributed by atoms with Crippen LogP contribution < -0.4 is 10.2 Å². The largest absolute Gasteiger partial charge is 0.368 e. The minimum atomic E-state index is -0.0370. The Hall–Kier alpha value is -2.20. The molecule has 0 aliphatic carbocycles. The Morgan fingerprint density at radius 3 is 2.48 bits per heavy atom. The van der Waals surface area contributed by atoms with Crippen molar-refractivity contribution in [2.45, 2.75) is 6.92 Å². The van der Waals surface area contributed by atoms with Crippen LogP contribution in [0.5, 0.6) is 0 Å². The molecule has 2 amide bonds. The van der Waals surface area contributed by atoms with E-state index in [1.165, 1.54) is 0 Å². The van der Waals surface area contributed by atoms with Gasteiger partial charge in [0.1, 0.15) is 0 Å². The molecule has 1 saturated heterocycles. The number of nitrogens with zero attached hydrogens (tertiary/aromatic N) is 2. The molecule has 0 saturated carbocycles. The topological polar surface area (TPSA) is 35.6 Å². The van der Waals surface area contributed by atoms with Crippen LogP contribution >= 0.6 is 11.6 Å². The van der Waals surface area contributed by atoms with E-state index < -0.39 is 0 Å². The summed E-state index contributed by atoms with van der Waals surface area (Å²) in [5, 5.41) is 3.73. The summed E-state index contributed by atoms with van der Waals surface area (Å²) in [7, 11) is 0. The lowest BCUT2D eigenvalue weighted by Gasteiger charge is -2.36. The highest BCUT2D eigenvalue weighted by Crippen LogP contribution is 2.21. The normalized spacial score (nSPS) is 14.7. The van der Waals surface area contributed by atoms with Crippen molar-refractivity contribution in [2.24, 2.45) is 0 Å². The van der Waals surface area contributed by atoms with Gasteiger partial charge in [0.2, 0.25) is 0 Å². The van der Waals surface area contributed by atoms with Crippen molar-refractivity contribution >= 4 is 29.0 Å². The Bertz CT molecular complexity index is 696. The van der Waals surface area contributed by atoms with E-state index >= 15 is 0 Å². The molecule has 2 aromatic rings. The van der Waals surface area contributed by atoms with E-state index in [0.29, 0.717) is 13.1 Å². The zero-order chi connectivity index (χ0) is 16.2. The second-order valence-electron chi connectivity index (χ2n) is 5.70. The molecule has 0 radical (unpaired) electrons. The molecule has 1 fully saturated rings. The van der Waals surface area contributed by atoms with Crippen LogP contribution in [0.3, 0.4) is 0 Å². The van der Waals surface area contributed by atoms with Gasteiger partial charge in [0, 0.05) is 42.6 Å². The van der Waals surface area contributed by atoms with Gasteiger partial charge in [0.25, 0.3) is 0 Å². The molecule has 3 rings (SSSR count). The zero-order valence-electron chi connectivity index (χ0n) is 13.1. The number of piperazine rings is 1. The van der Waals surface area contributed by atoms with Crippen molar-refractivity contribution in [3.63, 3.8) is 0 Å². The lowest BCUT2D eigenvalue weighted by Crippen LogP contribution is -2.50. The Labute approximate surface area is 141 Å². The highest BCUT2D eigenvalue weighted by Gasteiger charge is 2.21. The van der Waals surface area contributed by atoms with Gasteiger partial charge < -0.3 is 15.1 Å². The minimum absolute atomic E-state index is 0.0370. The van der Waals surface area contributed by atoms with Crippen molar-refractivity contribution < 1.29 is 4.79 Å². The zero-order valence-corrected chi connectivity index (χ0v) is 13.9. The van der Waals surface area contributed by atoms with E-state index in [2.05, 4.69) is 16.3 Å². The maximum Gasteiger partial charge on any atom is 0.321 e. The third-order valence-electron chi connectivity index (χ3n) is 4.13. The molecule has 0 bridgehead atoms. The van der Waals surface area contributed by atoms with Crippen LogP contribution in [0, 0.1) is 6.92 Å². The minimum Gasteiger partial charge on any atom is -0.368 e. The molecule has 1 heterocycles. The standard InChI is InChI=1S/C18H20ClN3O/c1-14-5-2-3-8-17(14)20-18(23)22-11-9-21(10-12-22)16-7-4-6-15(19)13-16/h2-8,13H,9-12H2,1H3,(H,20,23). The molecule has 0 unspecified atom stereocenters. The predicted molar refractivity (Wildman–Crippen MR) is 95.4 cm³/mol. The molecule has 0 aromatic heterocycles. The first kappa shape index (κ1) is 15.7. The number of anilines is 2. The second kappa shape index (κ2) is 6.92. The molecule has 5 heteroatoms. The first-order valence-corrected chi connectivity index (χ1v) is 8.13. The molecule has 1 aliphatic heterocycles. The van der Waals surface area contributed by atoms with Crippen LogP contribution in [0.25, 0.3) is 0 Å². The summed E-state index contributed by atoms with van der Waals surface area (Å²) in [6, 6.07) is 15.6. The summed E-state index contributed by atoms with van der Waals surface area (Å²) in [6.07, 6.45) is 0. The lowest BCUT2D eigenvalue weighted by molar-refractivity contribution is 0.208. The monoisotopic (exact) mass is 329 g/mol. The molecule has 0 atom stereocenters. The van der Waals surface area contributed by atoms with Crippen LogP contribution in [0.4, 0.5) is 16.2 Å². The fraction of sp³-hybridized carbons (Fsp3) is 0.278. The third kappa shape index (κ3) is 3.77. The highest BCUT2D eigenvalue weighted by molar-refractivity contribution is 6.30. The van der Waals surface area contributed by atoms with Crippen molar-refractivity contribution in [3.8, 4) is 0 Å². The number of halogens is 1. The third-order valence-corrected chi connectivity index (χ3v) is 4.36. The van der Waals surface area contributed by atoms with Gasteiger partial charge in [-0.05, 0) is 36.8 Å². The first-order valence-electron chi connectivity index (χ1n) is 7.75. The highest BCUT2D eigenvalue weighted by atomic mass is 35.5. The fourth-order valence-electron chi connectivity index (χ4n) is 2.75. The summed E-state index contributed by atoms with van der Waals surface area (Å²) < 4.78 is 0. The molecule has 1 N–H and O–H groups in total. The van der Waals surface area contributed by atoms with Crippen molar-refractivity contribution in [1.29, 1.82) is 0 Å². The Balaban J connectivity index is 1.58. The van der Waals surface area contributed by atoms with E-state index in [1.54, 1.807) is 0 Å². The van der Waals surface area contributed by atoms with Crippen LogP contribution in [0.15, 0.2) is 48.5 Å². The fourth-order valence-corrected chi connectivity index (χ4v) is 2.93. The quantitative estimate of drug-likeness (QED) is 0.903. The number of benzene rings is 2. The molecule has 4 nitrogen and oxygen atoms in total. The predicted octanol–water partition coefficient (Wildman–Crippen LogP) is 4.00. The van der Waals surface area contributed by atoms with Crippen molar-refractivity contribution in [2.75, 3.05) is 36.4 Å². The summed E-state index contributed by atoms with van der Waals surface area (Å²) in [5.41, 5.74) is 3.05. The van der Waals surface area contributed by atoms with E-state index in [1.807, 2.05) is 54.3 Å². The number of carbonyl (C=O) groups is 1. The Morgan fingerprint density at radius 2 is 1.78 bits per heavy atom.